The van der Waals surface area contributed by atoms with Crippen LogP contribution in [0.15, 0.2) is 28.7 Å². The average Bonchev–Trinajstić information content (AvgIpc) is 2.89. The van der Waals surface area contributed by atoms with E-state index in [2.05, 4.69) is 31.4 Å². The Morgan fingerprint density at radius 1 is 1.32 bits per heavy atom. The molecule has 1 heterocycles. The van der Waals surface area contributed by atoms with Gasteiger partial charge < -0.3 is 0 Å². The molecule has 0 aliphatic heterocycles. The van der Waals surface area contributed by atoms with E-state index in [1.807, 2.05) is 38.1 Å². The van der Waals surface area contributed by atoms with E-state index in [9.17, 15) is 9.00 Å². The number of carbonyl (C=O) groups is 1. The second-order valence-electron chi connectivity index (χ2n) is 5.00. The Balaban J connectivity index is 1.85. The third-order valence-corrected chi connectivity index (χ3v) is 5.62. The number of aromatic nitrogens is 2. The highest BCUT2D eigenvalue weighted by molar-refractivity contribution is 9.10. The van der Waals surface area contributed by atoms with E-state index in [0.717, 1.165) is 15.0 Å². The SMILES string of the molecule is CC(C)c1nnc(NC(=O)C[S@@](=O)Cc2ccc(Br)cc2)s1. The number of hydrogen-bond acceptors (Lipinski definition) is 5. The molecular weight excluding hydrogens is 386 g/mol. The second-order valence-corrected chi connectivity index (χ2v) is 8.39. The number of benzene rings is 1. The first-order chi connectivity index (χ1) is 10.4. The molecule has 0 aliphatic rings. The monoisotopic (exact) mass is 401 g/mol. The van der Waals surface area contributed by atoms with Crippen LogP contribution in [-0.4, -0.2) is 26.1 Å². The Hall–Kier alpha value is -1.12. The number of carbonyl (C=O) groups excluding carboxylic acids is 1. The molecular formula is C14H16BrN3O2S2. The second kappa shape index (κ2) is 7.94. The largest absolute Gasteiger partial charge is 0.300 e. The maximum atomic E-state index is 12.0. The van der Waals surface area contributed by atoms with Gasteiger partial charge in [-0.25, -0.2) is 0 Å². The van der Waals surface area contributed by atoms with E-state index in [0.29, 0.717) is 10.9 Å². The molecule has 1 N–H and O–H groups in total. The van der Waals surface area contributed by atoms with Crippen LogP contribution in [0.4, 0.5) is 5.13 Å². The van der Waals surface area contributed by atoms with Gasteiger partial charge in [0.1, 0.15) is 10.8 Å². The van der Waals surface area contributed by atoms with E-state index in [-0.39, 0.29) is 17.6 Å². The molecule has 0 aliphatic carbocycles. The number of rotatable bonds is 6. The topological polar surface area (TPSA) is 72.0 Å². The van der Waals surface area contributed by atoms with Gasteiger partial charge in [-0.15, -0.1) is 10.2 Å². The van der Waals surface area contributed by atoms with Gasteiger partial charge in [0.2, 0.25) is 11.0 Å². The van der Waals surface area contributed by atoms with Crippen LogP contribution in [-0.2, 0) is 21.3 Å². The van der Waals surface area contributed by atoms with Crippen molar-refractivity contribution in [2.75, 3.05) is 11.1 Å². The summed E-state index contributed by atoms with van der Waals surface area (Å²) in [5, 5.41) is 11.9. The van der Waals surface area contributed by atoms with Crippen LogP contribution < -0.4 is 5.32 Å². The maximum Gasteiger partial charge on any atom is 0.238 e. The van der Waals surface area contributed by atoms with Crippen molar-refractivity contribution in [2.24, 2.45) is 0 Å². The van der Waals surface area contributed by atoms with Crippen molar-refractivity contribution < 1.29 is 9.00 Å². The van der Waals surface area contributed by atoms with E-state index >= 15 is 0 Å². The lowest BCUT2D eigenvalue weighted by atomic mass is 10.2. The number of hydrogen-bond donors (Lipinski definition) is 1. The highest BCUT2D eigenvalue weighted by Gasteiger charge is 2.13. The minimum absolute atomic E-state index is 0.0490. The summed E-state index contributed by atoms with van der Waals surface area (Å²) in [6.07, 6.45) is 0. The molecule has 0 fully saturated rings. The standard InChI is InChI=1S/C14H16BrN3O2S2/c1-9(2)13-17-18-14(21-13)16-12(19)8-22(20)7-10-3-5-11(15)6-4-10/h3-6,9H,7-8H2,1-2H3,(H,16,18,19)/t22-/m0/s1. The molecule has 118 valence electrons. The number of halogens is 1. The molecule has 0 bridgehead atoms. The van der Waals surface area contributed by atoms with Crippen LogP contribution in [0.2, 0.25) is 0 Å². The van der Waals surface area contributed by atoms with Gasteiger partial charge >= 0.3 is 0 Å². The summed E-state index contributed by atoms with van der Waals surface area (Å²) < 4.78 is 13.0. The molecule has 0 saturated heterocycles. The zero-order chi connectivity index (χ0) is 16.1. The molecule has 22 heavy (non-hydrogen) atoms. The van der Waals surface area contributed by atoms with Gasteiger partial charge in [0, 0.05) is 26.9 Å². The molecule has 1 aromatic heterocycles. The first kappa shape index (κ1) is 17.2. The Morgan fingerprint density at radius 3 is 2.59 bits per heavy atom. The van der Waals surface area contributed by atoms with Crippen LogP contribution >= 0.6 is 27.3 Å². The van der Waals surface area contributed by atoms with Crippen LogP contribution in [0, 0.1) is 0 Å². The highest BCUT2D eigenvalue weighted by Crippen LogP contribution is 2.22. The van der Waals surface area contributed by atoms with Crippen LogP contribution in [0.5, 0.6) is 0 Å². The summed E-state index contributed by atoms with van der Waals surface area (Å²) >= 11 is 4.69. The first-order valence-electron chi connectivity index (χ1n) is 6.66. The molecule has 2 rings (SSSR count). The number of amides is 1. The maximum absolute atomic E-state index is 12.0. The fourth-order valence-corrected chi connectivity index (χ4v) is 3.69. The van der Waals surface area contributed by atoms with Gasteiger partial charge in [-0.1, -0.05) is 53.2 Å². The molecule has 0 unspecified atom stereocenters. The minimum atomic E-state index is -1.25. The van der Waals surface area contributed by atoms with Crippen molar-refractivity contribution in [3.8, 4) is 0 Å². The molecule has 1 atom stereocenters. The van der Waals surface area contributed by atoms with Gasteiger partial charge in [0.25, 0.3) is 0 Å². The predicted octanol–water partition coefficient (Wildman–Crippen LogP) is 3.31. The summed E-state index contributed by atoms with van der Waals surface area (Å²) in [5.74, 6) is 0.275. The first-order valence-corrected chi connectivity index (χ1v) is 9.76. The van der Waals surface area contributed by atoms with Gasteiger partial charge in [-0.3, -0.25) is 14.3 Å². The van der Waals surface area contributed by atoms with E-state index in [1.165, 1.54) is 11.3 Å². The fourth-order valence-electron chi connectivity index (χ4n) is 1.64. The smallest absolute Gasteiger partial charge is 0.238 e. The van der Waals surface area contributed by atoms with E-state index in [4.69, 9.17) is 0 Å². The van der Waals surface area contributed by atoms with Gasteiger partial charge in [-0.2, -0.15) is 0 Å². The lowest BCUT2D eigenvalue weighted by molar-refractivity contribution is -0.113. The van der Waals surface area contributed by atoms with Crippen molar-refractivity contribution in [3.63, 3.8) is 0 Å². The summed E-state index contributed by atoms with van der Waals surface area (Å²) in [5.41, 5.74) is 0.937. The van der Waals surface area contributed by atoms with Crippen LogP contribution in [0.1, 0.15) is 30.3 Å². The molecule has 5 nitrogen and oxygen atoms in total. The Morgan fingerprint density at radius 2 is 2.00 bits per heavy atom. The molecule has 8 heteroatoms. The normalized spacial score (nSPS) is 12.4. The molecule has 0 saturated carbocycles. The lowest BCUT2D eigenvalue weighted by Crippen LogP contribution is -2.20. The summed E-state index contributed by atoms with van der Waals surface area (Å²) in [4.78, 5) is 11.9. The summed E-state index contributed by atoms with van der Waals surface area (Å²) in [6, 6.07) is 7.56. The van der Waals surface area contributed by atoms with E-state index in [1.54, 1.807) is 0 Å². The molecule has 1 aromatic carbocycles. The Labute approximate surface area is 144 Å². The third-order valence-electron chi connectivity index (χ3n) is 2.71. The van der Waals surface area contributed by atoms with Crippen molar-refractivity contribution in [1.82, 2.24) is 10.2 Å². The Bertz CT molecular complexity index is 671. The van der Waals surface area contributed by atoms with Gasteiger partial charge in [0.15, 0.2) is 0 Å². The molecule has 0 spiro atoms. The highest BCUT2D eigenvalue weighted by atomic mass is 79.9. The van der Waals surface area contributed by atoms with Gasteiger partial charge in [0.05, 0.1) is 0 Å². The van der Waals surface area contributed by atoms with Crippen molar-refractivity contribution in [3.05, 3.63) is 39.3 Å². The molecule has 2 aromatic rings. The summed E-state index contributed by atoms with van der Waals surface area (Å²) in [6.45, 7) is 4.03. The van der Waals surface area contributed by atoms with E-state index < -0.39 is 10.8 Å². The fraction of sp³-hybridized carbons (Fsp3) is 0.357. The number of nitrogens with one attached hydrogen (secondary N) is 1. The van der Waals surface area contributed by atoms with Crippen molar-refractivity contribution >= 4 is 49.1 Å². The molecule has 1 amide bonds. The predicted molar refractivity (Wildman–Crippen MR) is 93.5 cm³/mol. The lowest BCUT2D eigenvalue weighted by Gasteiger charge is -2.03. The van der Waals surface area contributed by atoms with Crippen LogP contribution in [0.25, 0.3) is 0 Å². The number of nitrogens with zero attached hydrogens (tertiary/aromatic N) is 2. The van der Waals surface area contributed by atoms with Crippen molar-refractivity contribution in [2.45, 2.75) is 25.5 Å². The molecule has 0 radical (unpaired) electrons. The quantitative estimate of drug-likeness (QED) is 0.805. The minimum Gasteiger partial charge on any atom is -0.300 e. The number of anilines is 1. The zero-order valence-corrected chi connectivity index (χ0v) is 15.4. The third kappa shape index (κ3) is 5.26. The van der Waals surface area contributed by atoms with Crippen molar-refractivity contribution in [1.29, 1.82) is 0 Å². The summed E-state index contributed by atoms with van der Waals surface area (Å²) in [7, 11) is -1.25. The van der Waals surface area contributed by atoms with Gasteiger partial charge in [-0.05, 0) is 17.7 Å². The zero-order valence-electron chi connectivity index (χ0n) is 12.2. The average molecular weight is 402 g/mol. The Kier molecular flexibility index (Phi) is 6.22. The van der Waals surface area contributed by atoms with Crippen LogP contribution in [0.3, 0.4) is 0 Å².